The van der Waals surface area contributed by atoms with E-state index in [1.165, 1.54) is 0 Å². The quantitative estimate of drug-likeness (QED) is 0.854. The number of methoxy groups -OCH3 is 1. The fourth-order valence-corrected chi connectivity index (χ4v) is 1.70. The van der Waals surface area contributed by atoms with Crippen molar-refractivity contribution in [3.8, 4) is 0 Å². The number of nitrogens with one attached hydrogen (secondary N) is 1. The minimum atomic E-state index is 0.323. The van der Waals surface area contributed by atoms with Gasteiger partial charge in [-0.3, -0.25) is 0 Å². The van der Waals surface area contributed by atoms with Gasteiger partial charge in [-0.05, 0) is 31.5 Å². The van der Waals surface area contributed by atoms with Crippen LogP contribution in [0.1, 0.15) is 13.3 Å². The second kappa shape index (κ2) is 6.21. The lowest BCUT2D eigenvalue weighted by molar-refractivity contribution is 0.191. The van der Waals surface area contributed by atoms with Crippen molar-refractivity contribution in [3.63, 3.8) is 0 Å². The van der Waals surface area contributed by atoms with Gasteiger partial charge in [-0.1, -0.05) is 23.2 Å². The smallest absolute Gasteiger partial charge is 0.0652 e. The molecule has 1 N–H and O–H groups in total. The van der Waals surface area contributed by atoms with Crippen molar-refractivity contribution in [2.75, 3.05) is 19.0 Å². The summed E-state index contributed by atoms with van der Waals surface area (Å²) >= 11 is 11.8. The first-order valence-corrected chi connectivity index (χ1v) is 5.59. The van der Waals surface area contributed by atoms with E-state index in [1.807, 2.05) is 12.1 Å². The van der Waals surface area contributed by atoms with Gasteiger partial charge in [0.2, 0.25) is 0 Å². The fraction of sp³-hybridized carbons (Fsp3) is 0.455. The van der Waals surface area contributed by atoms with Crippen LogP contribution in [0.5, 0.6) is 0 Å². The van der Waals surface area contributed by atoms with Gasteiger partial charge in [0, 0.05) is 24.8 Å². The SMILES string of the molecule is COCCC(C)Nc1ccc(Cl)cc1Cl. The molecule has 4 heteroatoms. The number of hydrogen-bond acceptors (Lipinski definition) is 2. The zero-order valence-electron chi connectivity index (χ0n) is 8.89. The average Bonchev–Trinajstić information content (AvgIpc) is 2.19. The van der Waals surface area contributed by atoms with Gasteiger partial charge in [0.25, 0.3) is 0 Å². The highest BCUT2D eigenvalue weighted by Gasteiger charge is 2.05. The van der Waals surface area contributed by atoms with Gasteiger partial charge in [0.05, 0.1) is 10.7 Å². The summed E-state index contributed by atoms with van der Waals surface area (Å²) in [4.78, 5) is 0. The third-order valence-corrected chi connectivity index (χ3v) is 2.64. The summed E-state index contributed by atoms with van der Waals surface area (Å²) in [5, 5.41) is 4.59. The van der Waals surface area contributed by atoms with E-state index in [0.29, 0.717) is 16.1 Å². The Morgan fingerprint density at radius 1 is 1.40 bits per heavy atom. The zero-order chi connectivity index (χ0) is 11.3. The van der Waals surface area contributed by atoms with E-state index in [4.69, 9.17) is 27.9 Å². The number of anilines is 1. The molecule has 0 bridgehead atoms. The molecule has 1 aromatic rings. The summed E-state index contributed by atoms with van der Waals surface area (Å²) in [6, 6.07) is 5.75. The Morgan fingerprint density at radius 2 is 2.13 bits per heavy atom. The zero-order valence-corrected chi connectivity index (χ0v) is 10.4. The van der Waals surface area contributed by atoms with Crippen molar-refractivity contribution in [2.45, 2.75) is 19.4 Å². The largest absolute Gasteiger partial charge is 0.385 e. The van der Waals surface area contributed by atoms with Crippen LogP contribution in [-0.2, 0) is 4.74 Å². The van der Waals surface area contributed by atoms with Crippen molar-refractivity contribution in [2.24, 2.45) is 0 Å². The standard InChI is InChI=1S/C11H15Cl2NO/c1-8(5-6-15-2)14-11-4-3-9(12)7-10(11)13/h3-4,7-8,14H,5-6H2,1-2H3. The summed E-state index contributed by atoms with van der Waals surface area (Å²) in [7, 11) is 1.70. The van der Waals surface area contributed by atoms with E-state index in [0.717, 1.165) is 18.7 Å². The van der Waals surface area contributed by atoms with Gasteiger partial charge in [0.1, 0.15) is 0 Å². The molecule has 0 aromatic heterocycles. The normalized spacial score (nSPS) is 12.5. The molecule has 0 saturated heterocycles. The molecule has 1 atom stereocenters. The second-order valence-electron chi connectivity index (χ2n) is 3.45. The molecule has 1 rings (SSSR count). The molecule has 0 fully saturated rings. The molecule has 1 unspecified atom stereocenters. The Hall–Kier alpha value is -0.440. The molecule has 0 spiro atoms. The van der Waals surface area contributed by atoms with E-state index in [2.05, 4.69) is 12.2 Å². The van der Waals surface area contributed by atoms with Crippen LogP contribution in [0.25, 0.3) is 0 Å². The number of benzene rings is 1. The lowest BCUT2D eigenvalue weighted by atomic mass is 10.2. The molecule has 0 saturated carbocycles. The highest BCUT2D eigenvalue weighted by molar-refractivity contribution is 6.36. The van der Waals surface area contributed by atoms with Crippen LogP contribution in [0.3, 0.4) is 0 Å². The Kier molecular flexibility index (Phi) is 5.23. The summed E-state index contributed by atoms with van der Waals surface area (Å²) in [5.74, 6) is 0. The van der Waals surface area contributed by atoms with Crippen molar-refractivity contribution in [3.05, 3.63) is 28.2 Å². The van der Waals surface area contributed by atoms with Gasteiger partial charge in [-0.15, -0.1) is 0 Å². The van der Waals surface area contributed by atoms with Crippen molar-refractivity contribution in [1.29, 1.82) is 0 Å². The van der Waals surface area contributed by atoms with Crippen LogP contribution in [0.4, 0.5) is 5.69 Å². The van der Waals surface area contributed by atoms with Gasteiger partial charge in [-0.25, -0.2) is 0 Å². The minimum Gasteiger partial charge on any atom is -0.385 e. The molecule has 84 valence electrons. The van der Waals surface area contributed by atoms with Gasteiger partial charge < -0.3 is 10.1 Å². The molecule has 2 nitrogen and oxygen atoms in total. The fourth-order valence-electron chi connectivity index (χ4n) is 1.24. The highest BCUT2D eigenvalue weighted by Crippen LogP contribution is 2.26. The third kappa shape index (κ3) is 4.29. The Bertz CT molecular complexity index is 317. The Labute approximate surface area is 101 Å². The number of halogens is 2. The average molecular weight is 248 g/mol. The van der Waals surface area contributed by atoms with E-state index in [9.17, 15) is 0 Å². The highest BCUT2D eigenvalue weighted by atomic mass is 35.5. The Morgan fingerprint density at radius 3 is 2.73 bits per heavy atom. The summed E-state index contributed by atoms with van der Waals surface area (Å²) in [6.45, 7) is 2.82. The van der Waals surface area contributed by atoms with Crippen LogP contribution in [0, 0.1) is 0 Å². The van der Waals surface area contributed by atoms with Crippen LogP contribution >= 0.6 is 23.2 Å². The maximum absolute atomic E-state index is 6.03. The number of ether oxygens (including phenoxy) is 1. The van der Waals surface area contributed by atoms with Crippen molar-refractivity contribution < 1.29 is 4.74 Å². The van der Waals surface area contributed by atoms with Gasteiger partial charge >= 0.3 is 0 Å². The van der Waals surface area contributed by atoms with E-state index in [-0.39, 0.29) is 0 Å². The second-order valence-corrected chi connectivity index (χ2v) is 4.29. The molecule has 0 heterocycles. The maximum atomic E-state index is 6.03. The van der Waals surface area contributed by atoms with Crippen LogP contribution in [-0.4, -0.2) is 19.8 Å². The van der Waals surface area contributed by atoms with Gasteiger partial charge in [-0.2, -0.15) is 0 Å². The molecule has 0 aliphatic carbocycles. The van der Waals surface area contributed by atoms with Gasteiger partial charge in [0.15, 0.2) is 0 Å². The topological polar surface area (TPSA) is 21.3 Å². The molecule has 0 aliphatic heterocycles. The molecule has 0 amide bonds. The lowest BCUT2D eigenvalue weighted by Gasteiger charge is -2.15. The van der Waals surface area contributed by atoms with E-state index in [1.54, 1.807) is 13.2 Å². The van der Waals surface area contributed by atoms with Crippen molar-refractivity contribution in [1.82, 2.24) is 0 Å². The predicted molar refractivity (Wildman–Crippen MR) is 66.0 cm³/mol. The number of hydrogen-bond donors (Lipinski definition) is 1. The van der Waals surface area contributed by atoms with Crippen LogP contribution in [0.15, 0.2) is 18.2 Å². The van der Waals surface area contributed by atoms with E-state index >= 15 is 0 Å². The molecule has 0 aliphatic rings. The molecular formula is C11H15Cl2NO. The van der Waals surface area contributed by atoms with Crippen LogP contribution < -0.4 is 5.32 Å². The lowest BCUT2D eigenvalue weighted by Crippen LogP contribution is -2.17. The van der Waals surface area contributed by atoms with Crippen LogP contribution in [0.2, 0.25) is 10.0 Å². The first kappa shape index (κ1) is 12.6. The first-order chi connectivity index (χ1) is 7.13. The molecule has 1 aromatic carbocycles. The van der Waals surface area contributed by atoms with Crippen molar-refractivity contribution >= 4 is 28.9 Å². The van der Waals surface area contributed by atoms with E-state index < -0.39 is 0 Å². The Balaban J connectivity index is 2.56. The third-order valence-electron chi connectivity index (χ3n) is 2.09. The number of rotatable bonds is 5. The molecule has 15 heavy (non-hydrogen) atoms. The molecular weight excluding hydrogens is 233 g/mol. The molecule has 0 radical (unpaired) electrons. The maximum Gasteiger partial charge on any atom is 0.0652 e. The monoisotopic (exact) mass is 247 g/mol. The first-order valence-electron chi connectivity index (χ1n) is 4.84. The summed E-state index contributed by atoms with van der Waals surface area (Å²) in [6.07, 6.45) is 0.940. The summed E-state index contributed by atoms with van der Waals surface area (Å²) < 4.78 is 5.01. The summed E-state index contributed by atoms with van der Waals surface area (Å²) in [5.41, 5.74) is 0.907. The predicted octanol–water partition coefficient (Wildman–Crippen LogP) is 3.83. The minimum absolute atomic E-state index is 0.323.